The number of carbonyl (C=O) groups is 2. The zero-order valence-electron chi connectivity index (χ0n) is 17.7. The normalized spacial score (nSPS) is 13.6. The first-order valence-corrected chi connectivity index (χ1v) is 11.0. The Kier molecular flexibility index (Phi) is 5.50. The Hall–Kier alpha value is -3.80. The zero-order chi connectivity index (χ0) is 21.9. The molecule has 4 aromatic rings. The predicted octanol–water partition coefficient (Wildman–Crippen LogP) is 4.86. The Morgan fingerprint density at radius 2 is 1.81 bits per heavy atom. The summed E-state index contributed by atoms with van der Waals surface area (Å²) in [5.74, 6) is 0.460. The molecule has 0 aliphatic heterocycles. The molecule has 2 heterocycles. The fourth-order valence-corrected chi connectivity index (χ4v) is 4.04. The largest absolute Gasteiger partial charge is 0.348 e. The van der Waals surface area contributed by atoms with Crippen molar-refractivity contribution in [3.05, 3.63) is 84.3 Å². The van der Waals surface area contributed by atoms with Gasteiger partial charge >= 0.3 is 0 Å². The molecule has 1 saturated carbocycles. The Balaban J connectivity index is 1.28. The van der Waals surface area contributed by atoms with Crippen molar-refractivity contribution in [2.45, 2.75) is 32.2 Å². The van der Waals surface area contributed by atoms with Gasteiger partial charge in [0, 0.05) is 36.3 Å². The smallest absolute Gasteiger partial charge is 0.251 e. The molecule has 160 valence electrons. The average molecular weight is 425 g/mol. The topological polar surface area (TPSA) is 76.9 Å². The van der Waals surface area contributed by atoms with E-state index in [1.165, 1.54) is 11.1 Å². The predicted molar refractivity (Wildman–Crippen MR) is 123 cm³/mol. The number of hydrogen-bond donors (Lipinski definition) is 1. The van der Waals surface area contributed by atoms with Gasteiger partial charge < -0.3 is 5.32 Å². The highest BCUT2D eigenvalue weighted by Gasteiger charge is 2.22. The third-order valence-electron chi connectivity index (χ3n) is 6.15. The van der Waals surface area contributed by atoms with Gasteiger partial charge in [0.15, 0.2) is 0 Å². The van der Waals surface area contributed by atoms with Crippen molar-refractivity contribution in [2.75, 3.05) is 0 Å². The molecule has 0 atom stereocenters. The maximum absolute atomic E-state index is 12.6. The van der Waals surface area contributed by atoms with Crippen molar-refractivity contribution in [1.82, 2.24) is 20.1 Å². The Morgan fingerprint density at radius 3 is 2.53 bits per heavy atom. The molecule has 0 spiro atoms. The van der Waals surface area contributed by atoms with Crippen molar-refractivity contribution in [3.8, 4) is 11.1 Å². The monoisotopic (exact) mass is 424 g/mol. The van der Waals surface area contributed by atoms with Crippen molar-refractivity contribution < 1.29 is 9.59 Å². The number of nitrogens with zero attached hydrogens (tertiary/aromatic N) is 3. The van der Waals surface area contributed by atoms with Crippen LogP contribution >= 0.6 is 0 Å². The summed E-state index contributed by atoms with van der Waals surface area (Å²) in [4.78, 5) is 29.1. The van der Waals surface area contributed by atoms with Crippen molar-refractivity contribution >= 4 is 22.7 Å². The number of carbonyl (C=O) groups excluding carboxylic acids is 2. The van der Waals surface area contributed by atoms with Gasteiger partial charge in [0.1, 0.15) is 0 Å². The quantitative estimate of drug-likeness (QED) is 0.480. The maximum Gasteiger partial charge on any atom is 0.251 e. The number of benzene rings is 2. The van der Waals surface area contributed by atoms with Crippen molar-refractivity contribution in [1.29, 1.82) is 0 Å². The van der Waals surface area contributed by atoms with Crippen LogP contribution in [0, 0.1) is 5.92 Å². The summed E-state index contributed by atoms with van der Waals surface area (Å²) >= 11 is 0. The molecule has 6 nitrogen and oxygen atoms in total. The van der Waals surface area contributed by atoms with E-state index in [4.69, 9.17) is 0 Å². The van der Waals surface area contributed by atoms with E-state index in [1.54, 1.807) is 18.6 Å². The first kappa shape index (κ1) is 20.1. The Labute approximate surface area is 186 Å². The van der Waals surface area contributed by atoms with Gasteiger partial charge in [0.05, 0.1) is 11.7 Å². The molecule has 2 aromatic carbocycles. The molecule has 1 amide bonds. The van der Waals surface area contributed by atoms with Crippen LogP contribution in [0.15, 0.2) is 73.2 Å². The van der Waals surface area contributed by atoms with E-state index in [0.29, 0.717) is 24.4 Å². The summed E-state index contributed by atoms with van der Waals surface area (Å²) < 4.78 is 1.53. The standard InChI is InChI=1S/C26H24N4O2/c31-25(13-18-3-1-4-18)30-24-11-10-22(14-23(24)17-29-30)20-6-8-21(9-7-20)26(32)28-16-19-5-2-12-27-15-19/h2,5-12,14-15,17-18H,1,3-4,13,16H2,(H,28,32). The maximum atomic E-state index is 12.6. The molecule has 32 heavy (non-hydrogen) atoms. The number of hydrogen-bond acceptors (Lipinski definition) is 4. The minimum absolute atomic E-state index is 0.0686. The van der Waals surface area contributed by atoms with Gasteiger partial charge in [0.25, 0.3) is 5.91 Å². The van der Waals surface area contributed by atoms with Crippen molar-refractivity contribution in [2.24, 2.45) is 5.92 Å². The van der Waals surface area contributed by atoms with Crippen LogP contribution in [0.5, 0.6) is 0 Å². The number of amides is 1. The third kappa shape index (κ3) is 4.17. The number of rotatable bonds is 6. The second-order valence-corrected chi connectivity index (χ2v) is 8.35. The van der Waals surface area contributed by atoms with Gasteiger partial charge in [0.2, 0.25) is 5.91 Å². The van der Waals surface area contributed by atoms with Crippen LogP contribution in [0.3, 0.4) is 0 Å². The molecule has 1 fully saturated rings. The molecule has 0 unspecified atom stereocenters. The van der Waals surface area contributed by atoms with Crippen LogP contribution in [0.25, 0.3) is 22.0 Å². The van der Waals surface area contributed by atoms with Crippen molar-refractivity contribution in [3.63, 3.8) is 0 Å². The second-order valence-electron chi connectivity index (χ2n) is 8.35. The lowest BCUT2D eigenvalue weighted by molar-refractivity contribution is 0.0842. The number of aromatic nitrogens is 3. The lowest BCUT2D eigenvalue weighted by atomic mass is 9.83. The minimum atomic E-state index is -0.123. The summed E-state index contributed by atoms with van der Waals surface area (Å²) in [5, 5.41) is 8.18. The molecule has 0 bridgehead atoms. The molecule has 1 aliphatic rings. The first-order chi connectivity index (χ1) is 15.7. The van der Waals surface area contributed by atoms with Gasteiger partial charge in [-0.25, -0.2) is 4.68 Å². The Bertz CT molecular complexity index is 1260. The van der Waals surface area contributed by atoms with Gasteiger partial charge in [-0.15, -0.1) is 0 Å². The molecule has 2 aromatic heterocycles. The first-order valence-electron chi connectivity index (χ1n) is 11.0. The SMILES string of the molecule is O=C(NCc1cccnc1)c1ccc(-c2ccc3c(cnn3C(=O)CC3CCC3)c2)cc1. The van der Waals surface area contributed by atoms with E-state index in [1.807, 2.05) is 54.6 Å². The van der Waals surface area contributed by atoms with E-state index in [2.05, 4.69) is 15.4 Å². The summed E-state index contributed by atoms with van der Waals surface area (Å²) in [7, 11) is 0. The van der Waals surface area contributed by atoms with Crippen LogP contribution in [0.2, 0.25) is 0 Å². The van der Waals surface area contributed by atoms with Gasteiger partial charge in [-0.05, 0) is 65.8 Å². The summed E-state index contributed by atoms with van der Waals surface area (Å²) in [6.45, 7) is 0.439. The summed E-state index contributed by atoms with van der Waals surface area (Å²) in [5.41, 5.74) is 4.42. The van der Waals surface area contributed by atoms with Crippen LogP contribution < -0.4 is 5.32 Å². The van der Waals surface area contributed by atoms with E-state index in [9.17, 15) is 9.59 Å². The molecule has 0 saturated heterocycles. The lowest BCUT2D eigenvalue weighted by Gasteiger charge is -2.24. The van der Waals surface area contributed by atoms with E-state index >= 15 is 0 Å². The molecular weight excluding hydrogens is 400 g/mol. The molecule has 1 aliphatic carbocycles. The number of pyridine rings is 1. The summed E-state index contributed by atoms with van der Waals surface area (Å²) in [6, 6.07) is 17.3. The van der Waals surface area contributed by atoms with E-state index < -0.39 is 0 Å². The zero-order valence-corrected chi connectivity index (χ0v) is 17.7. The fourth-order valence-electron chi connectivity index (χ4n) is 4.04. The van der Waals surface area contributed by atoms with Gasteiger partial charge in [-0.2, -0.15) is 5.10 Å². The van der Waals surface area contributed by atoms with Crippen LogP contribution in [0.4, 0.5) is 0 Å². The van der Waals surface area contributed by atoms with E-state index in [-0.39, 0.29) is 11.8 Å². The van der Waals surface area contributed by atoms with Crippen LogP contribution in [-0.4, -0.2) is 26.6 Å². The second kappa shape index (κ2) is 8.75. The highest BCUT2D eigenvalue weighted by molar-refractivity contribution is 5.95. The molecular formula is C26H24N4O2. The van der Waals surface area contributed by atoms with E-state index in [0.717, 1.165) is 40.4 Å². The number of nitrogens with one attached hydrogen (secondary N) is 1. The number of fused-ring (bicyclic) bond motifs is 1. The lowest BCUT2D eigenvalue weighted by Crippen LogP contribution is -2.22. The Morgan fingerprint density at radius 1 is 1.00 bits per heavy atom. The molecule has 0 radical (unpaired) electrons. The van der Waals surface area contributed by atoms with Crippen LogP contribution in [0.1, 0.15) is 46.4 Å². The highest BCUT2D eigenvalue weighted by Crippen LogP contribution is 2.30. The van der Waals surface area contributed by atoms with Gasteiger partial charge in [-0.1, -0.05) is 30.7 Å². The molecule has 5 rings (SSSR count). The minimum Gasteiger partial charge on any atom is -0.348 e. The van der Waals surface area contributed by atoms with Crippen LogP contribution in [-0.2, 0) is 6.54 Å². The summed E-state index contributed by atoms with van der Waals surface area (Å²) in [6.07, 6.45) is 9.29. The van der Waals surface area contributed by atoms with Gasteiger partial charge in [-0.3, -0.25) is 14.6 Å². The average Bonchev–Trinajstić information content (AvgIpc) is 3.24. The molecule has 1 N–H and O–H groups in total. The third-order valence-corrected chi connectivity index (χ3v) is 6.15. The molecule has 6 heteroatoms. The fraction of sp³-hybridized carbons (Fsp3) is 0.231. The highest BCUT2D eigenvalue weighted by atomic mass is 16.2.